The lowest BCUT2D eigenvalue weighted by Gasteiger charge is -2.33. The number of hydrogen-bond donors (Lipinski definition) is 0. The van der Waals surface area contributed by atoms with Crippen molar-refractivity contribution in [2.24, 2.45) is 0 Å². The molecule has 1 aromatic heterocycles. The zero-order valence-electron chi connectivity index (χ0n) is 12.3. The molecule has 0 aliphatic carbocycles. The van der Waals surface area contributed by atoms with E-state index < -0.39 is 15.6 Å². The molecule has 110 valence electrons. The van der Waals surface area contributed by atoms with E-state index in [9.17, 15) is 8.42 Å². The average Bonchev–Trinajstić information content (AvgIpc) is 2.81. The second-order valence-corrected chi connectivity index (χ2v) is 7.46. The zero-order chi connectivity index (χ0) is 14.8. The number of sulfonamides is 1. The highest BCUT2D eigenvalue weighted by Gasteiger charge is 2.33. The fraction of sp³-hybridized carbons (Fsp3) is 0.692. The minimum Gasteiger partial charge on any atom is -0.349 e. The maximum atomic E-state index is 12.6. The molecular formula is C13H23ClN2O2S. The maximum Gasteiger partial charge on any atom is 0.244 e. The Bertz CT molecular complexity index is 513. The van der Waals surface area contributed by atoms with E-state index in [4.69, 9.17) is 11.6 Å². The summed E-state index contributed by atoms with van der Waals surface area (Å²) < 4.78 is 28.5. The molecule has 0 spiro atoms. The summed E-state index contributed by atoms with van der Waals surface area (Å²) in [5, 5.41) is 0. The normalized spacial score (nSPS) is 13.2. The third-order valence-corrected chi connectivity index (χ3v) is 6.12. The van der Waals surface area contributed by atoms with Gasteiger partial charge in [0.2, 0.25) is 10.0 Å². The summed E-state index contributed by atoms with van der Waals surface area (Å²) in [6, 6.07) is 1.66. The van der Waals surface area contributed by atoms with Crippen molar-refractivity contribution in [3.63, 3.8) is 0 Å². The molecule has 0 amide bonds. The molecule has 1 rings (SSSR count). The zero-order valence-corrected chi connectivity index (χ0v) is 13.8. The predicted octanol–water partition coefficient (Wildman–Crippen LogP) is 3.06. The van der Waals surface area contributed by atoms with Crippen molar-refractivity contribution in [3.05, 3.63) is 18.0 Å². The highest BCUT2D eigenvalue weighted by molar-refractivity contribution is 7.89. The Kier molecular flexibility index (Phi) is 5.09. The second-order valence-electron chi connectivity index (χ2n) is 5.23. The van der Waals surface area contributed by atoms with Crippen LogP contribution in [0.2, 0.25) is 0 Å². The van der Waals surface area contributed by atoms with Gasteiger partial charge in [-0.15, -0.1) is 11.6 Å². The Balaban J connectivity index is 3.24. The van der Waals surface area contributed by atoms with Crippen LogP contribution in [0.4, 0.5) is 0 Å². The van der Waals surface area contributed by atoms with E-state index in [1.807, 2.05) is 32.3 Å². The summed E-state index contributed by atoms with van der Waals surface area (Å²) in [7, 11) is -1.85. The minimum absolute atomic E-state index is 0.310. The minimum atomic E-state index is -3.48. The van der Waals surface area contributed by atoms with Crippen molar-refractivity contribution in [1.29, 1.82) is 0 Å². The van der Waals surface area contributed by atoms with Crippen LogP contribution in [0.15, 0.2) is 17.2 Å². The van der Waals surface area contributed by atoms with Gasteiger partial charge in [-0.3, -0.25) is 0 Å². The molecule has 0 aromatic carbocycles. The quantitative estimate of drug-likeness (QED) is 0.758. The van der Waals surface area contributed by atoms with Gasteiger partial charge < -0.3 is 4.57 Å². The van der Waals surface area contributed by atoms with Gasteiger partial charge in [-0.2, -0.15) is 4.31 Å². The first kappa shape index (κ1) is 16.5. The number of aromatic nitrogens is 1. The molecule has 1 heterocycles. The molecule has 0 unspecified atom stereocenters. The van der Waals surface area contributed by atoms with Gasteiger partial charge in [0.15, 0.2) is 0 Å². The molecule has 0 aliphatic heterocycles. The summed E-state index contributed by atoms with van der Waals surface area (Å²) in [5.74, 6) is 0.310. The van der Waals surface area contributed by atoms with Crippen LogP contribution in [-0.2, 0) is 22.4 Å². The first-order chi connectivity index (χ1) is 8.70. The van der Waals surface area contributed by atoms with Crippen LogP contribution in [0.5, 0.6) is 0 Å². The van der Waals surface area contributed by atoms with Crippen LogP contribution in [0.25, 0.3) is 0 Å². The SMILES string of the molecule is CCn1cc(S(=O)(=O)N(C)C(C)(C)CC)cc1CCl. The fourth-order valence-corrected chi connectivity index (χ4v) is 3.65. The summed E-state index contributed by atoms with van der Waals surface area (Å²) in [5.41, 5.74) is 0.416. The monoisotopic (exact) mass is 306 g/mol. The largest absolute Gasteiger partial charge is 0.349 e. The summed E-state index contributed by atoms with van der Waals surface area (Å²) in [6.07, 6.45) is 2.41. The van der Waals surface area contributed by atoms with Crippen LogP contribution in [-0.4, -0.2) is 29.9 Å². The van der Waals surface area contributed by atoms with E-state index in [1.54, 1.807) is 19.3 Å². The second kappa shape index (κ2) is 5.85. The first-order valence-corrected chi connectivity index (χ1v) is 8.42. The maximum absolute atomic E-state index is 12.6. The van der Waals surface area contributed by atoms with Crippen LogP contribution in [0, 0.1) is 0 Å². The van der Waals surface area contributed by atoms with Crippen molar-refractivity contribution in [1.82, 2.24) is 8.87 Å². The van der Waals surface area contributed by atoms with E-state index in [2.05, 4.69) is 0 Å². The fourth-order valence-electron chi connectivity index (χ4n) is 1.78. The first-order valence-electron chi connectivity index (χ1n) is 6.44. The molecule has 0 atom stereocenters. The molecular weight excluding hydrogens is 284 g/mol. The molecule has 0 radical (unpaired) electrons. The molecule has 6 heteroatoms. The van der Waals surface area contributed by atoms with Gasteiger partial charge in [-0.05, 0) is 33.3 Å². The molecule has 0 aliphatic rings. The molecule has 0 fully saturated rings. The summed E-state index contributed by atoms with van der Waals surface area (Å²) in [6.45, 7) is 8.49. The van der Waals surface area contributed by atoms with E-state index >= 15 is 0 Å². The Morgan fingerprint density at radius 3 is 2.32 bits per heavy atom. The summed E-state index contributed by atoms with van der Waals surface area (Å²) in [4.78, 5) is 0.314. The average molecular weight is 307 g/mol. The van der Waals surface area contributed by atoms with E-state index in [0.717, 1.165) is 12.1 Å². The van der Waals surface area contributed by atoms with Gasteiger partial charge in [0.1, 0.15) is 4.90 Å². The molecule has 0 N–H and O–H groups in total. The van der Waals surface area contributed by atoms with Gasteiger partial charge in [0.05, 0.1) is 5.88 Å². The lowest BCUT2D eigenvalue weighted by molar-refractivity contribution is 0.257. The van der Waals surface area contributed by atoms with Crippen LogP contribution in [0.3, 0.4) is 0 Å². The topological polar surface area (TPSA) is 42.3 Å². The van der Waals surface area contributed by atoms with Gasteiger partial charge in [-0.1, -0.05) is 6.92 Å². The van der Waals surface area contributed by atoms with Gasteiger partial charge in [0.25, 0.3) is 0 Å². The third-order valence-electron chi connectivity index (χ3n) is 3.81. The number of hydrogen-bond acceptors (Lipinski definition) is 2. The highest BCUT2D eigenvalue weighted by atomic mass is 35.5. The molecule has 0 saturated heterocycles. The standard InChI is InChI=1S/C13H23ClN2O2S/c1-6-13(3,4)15(5)19(17,18)12-8-11(9-14)16(7-2)10-12/h8,10H,6-7,9H2,1-5H3. The lowest BCUT2D eigenvalue weighted by Crippen LogP contribution is -2.44. The van der Waals surface area contributed by atoms with Crippen LogP contribution < -0.4 is 0 Å². The number of rotatable bonds is 6. The smallest absolute Gasteiger partial charge is 0.244 e. The number of aryl methyl sites for hydroxylation is 1. The highest BCUT2D eigenvalue weighted by Crippen LogP contribution is 2.26. The Morgan fingerprint density at radius 2 is 1.95 bits per heavy atom. The van der Waals surface area contributed by atoms with Crippen molar-refractivity contribution >= 4 is 21.6 Å². The summed E-state index contributed by atoms with van der Waals surface area (Å²) >= 11 is 5.84. The van der Waals surface area contributed by atoms with E-state index in [-0.39, 0.29) is 0 Å². The third kappa shape index (κ3) is 3.15. The molecule has 0 saturated carbocycles. The Labute approximate surface area is 121 Å². The molecule has 19 heavy (non-hydrogen) atoms. The Morgan fingerprint density at radius 1 is 1.37 bits per heavy atom. The van der Waals surface area contributed by atoms with Crippen molar-refractivity contribution in [2.45, 2.75) is 57.0 Å². The van der Waals surface area contributed by atoms with Crippen molar-refractivity contribution < 1.29 is 8.42 Å². The van der Waals surface area contributed by atoms with Crippen molar-refractivity contribution in [3.8, 4) is 0 Å². The van der Waals surface area contributed by atoms with Crippen LogP contribution in [0.1, 0.15) is 39.8 Å². The number of alkyl halides is 1. The Hall–Kier alpha value is -0.520. The molecule has 1 aromatic rings. The van der Waals surface area contributed by atoms with E-state index in [1.165, 1.54) is 4.31 Å². The van der Waals surface area contributed by atoms with Crippen LogP contribution >= 0.6 is 11.6 Å². The molecule has 0 bridgehead atoms. The number of nitrogens with zero attached hydrogens (tertiary/aromatic N) is 2. The van der Waals surface area contributed by atoms with Crippen molar-refractivity contribution in [2.75, 3.05) is 7.05 Å². The molecule has 4 nitrogen and oxygen atoms in total. The van der Waals surface area contributed by atoms with Gasteiger partial charge >= 0.3 is 0 Å². The lowest BCUT2D eigenvalue weighted by atomic mass is 10.0. The van der Waals surface area contributed by atoms with E-state index in [0.29, 0.717) is 17.3 Å². The van der Waals surface area contributed by atoms with Gasteiger partial charge in [0, 0.05) is 31.0 Å². The predicted molar refractivity (Wildman–Crippen MR) is 79.0 cm³/mol. The number of halogens is 1. The van der Waals surface area contributed by atoms with Gasteiger partial charge in [-0.25, -0.2) is 8.42 Å².